The van der Waals surface area contributed by atoms with Crippen molar-refractivity contribution in [3.05, 3.63) is 35.7 Å². The van der Waals surface area contributed by atoms with Crippen molar-refractivity contribution in [1.82, 2.24) is 19.7 Å². The average molecular weight is 217 g/mol. The number of aryl methyl sites for hydroxylation is 2. The molecule has 0 amide bonds. The first-order chi connectivity index (χ1) is 7.68. The molecule has 0 unspecified atom stereocenters. The van der Waals surface area contributed by atoms with Crippen LogP contribution < -0.4 is 5.32 Å². The number of nitrogens with one attached hydrogen (secondary N) is 1. The van der Waals surface area contributed by atoms with Crippen LogP contribution in [0.1, 0.15) is 17.0 Å². The first-order valence-corrected chi connectivity index (χ1v) is 5.16. The molecular formula is C11H15N5. The van der Waals surface area contributed by atoms with Crippen LogP contribution in [0.25, 0.3) is 0 Å². The van der Waals surface area contributed by atoms with Gasteiger partial charge in [0.05, 0.1) is 23.8 Å². The molecule has 2 aromatic heterocycles. The van der Waals surface area contributed by atoms with Gasteiger partial charge in [0.2, 0.25) is 0 Å². The Bertz CT molecular complexity index is 475. The highest BCUT2D eigenvalue weighted by Gasteiger charge is 2.08. The predicted molar refractivity (Wildman–Crippen MR) is 62.0 cm³/mol. The fourth-order valence-electron chi connectivity index (χ4n) is 1.65. The van der Waals surface area contributed by atoms with Gasteiger partial charge in [-0.2, -0.15) is 5.10 Å². The Balaban J connectivity index is 2.11. The van der Waals surface area contributed by atoms with Crippen LogP contribution in [0.5, 0.6) is 0 Å². The Hall–Kier alpha value is -1.91. The lowest BCUT2D eigenvalue weighted by atomic mass is 10.2. The van der Waals surface area contributed by atoms with Gasteiger partial charge in [0.1, 0.15) is 6.33 Å². The minimum absolute atomic E-state index is 0.749. The van der Waals surface area contributed by atoms with E-state index in [1.807, 2.05) is 18.7 Å². The molecule has 0 aliphatic carbocycles. The molecule has 0 atom stereocenters. The summed E-state index contributed by atoms with van der Waals surface area (Å²) in [5.41, 5.74) is 4.39. The average Bonchev–Trinajstić information content (AvgIpc) is 2.53. The zero-order valence-corrected chi connectivity index (χ0v) is 9.73. The first kappa shape index (κ1) is 10.6. The lowest BCUT2D eigenvalue weighted by molar-refractivity contribution is 0.730. The van der Waals surface area contributed by atoms with Crippen molar-refractivity contribution >= 4 is 5.69 Å². The summed E-state index contributed by atoms with van der Waals surface area (Å²) in [6, 6.07) is 0. The van der Waals surface area contributed by atoms with Crippen LogP contribution in [-0.4, -0.2) is 19.7 Å². The molecule has 0 saturated carbocycles. The van der Waals surface area contributed by atoms with Crippen LogP contribution >= 0.6 is 0 Å². The molecule has 0 radical (unpaired) electrons. The maximum Gasteiger partial charge on any atom is 0.115 e. The lowest BCUT2D eigenvalue weighted by Crippen LogP contribution is -2.02. The SMILES string of the molecule is Cc1nn(C)c(C)c1CNc1cncnc1. The fraction of sp³-hybridized carbons (Fsp3) is 0.364. The summed E-state index contributed by atoms with van der Waals surface area (Å²) in [4.78, 5) is 7.91. The molecule has 0 bridgehead atoms. The summed E-state index contributed by atoms with van der Waals surface area (Å²) in [6.45, 7) is 4.84. The molecule has 0 saturated heterocycles. The van der Waals surface area contributed by atoms with Gasteiger partial charge in [-0.3, -0.25) is 4.68 Å². The van der Waals surface area contributed by atoms with Gasteiger partial charge < -0.3 is 5.32 Å². The topological polar surface area (TPSA) is 55.6 Å². The molecule has 0 aliphatic heterocycles. The molecule has 0 aliphatic rings. The van der Waals surface area contributed by atoms with E-state index in [2.05, 4.69) is 27.3 Å². The number of aromatic nitrogens is 4. The van der Waals surface area contributed by atoms with E-state index >= 15 is 0 Å². The van der Waals surface area contributed by atoms with E-state index in [9.17, 15) is 0 Å². The van der Waals surface area contributed by atoms with Gasteiger partial charge >= 0.3 is 0 Å². The third-order valence-electron chi connectivity index (χ3n) is 2.69. The molecule has 16 heavy (non-hydrogen) atoms. The summed E-state index contributed by atoms with van der Waals surface area (Å²) in [6.07, 6.45) is 5.04. The molecule has 2 rings (SSSR count). The molecule has 1 N–H and O–H groups in total. The van der Waals surface area contributed by atoms with Crippen molar-refractivity contribution in [3.8, 4) is 0 Å². The number of rotatable bonds is 3. The minimum atomic E-state index is 0.749. The summed E-state index contributed by atoms with van der Waals surface area (Å²) in [5, 5.41) is 7.65. The van der Waals surface area contributed by atoms with E-state index in [1.54, 1.807) is 12.4 Å². The third kappa shape index (κ3) is 2.03. The Morgan fingerprint density at radius 3 is 2.50 bits per heavy atom. The summed E-state index contributed by atoms with van der Waals surface area (Å²) in [7, 11) is 1.96. The van der Waals surface area contributed by atoms with Crippen LogP contribution in [-0.2, 0) is 13.6 Å². The molecule has 0 spiro atoms. The smallest absolute Gasteiger partial charge is 0.115 e. The van der Waals surface area contributed by atoms with E-state index in [-0.39, 0.29) is 0 Å². The first-order valence-electron chi connectivity index (χ1n) is 5.16. The van der Waals surface area contributed by atoms with Crippen molar-refractivity contribution in [2.45, 2.75) is 20.4 Å². The molecule has 0 aromatic carbocycles. The summed E-state index contributed by atoms with van der Waals surface area (Å²) < 4.78 is 1.90. The Morgan fingerprint density at radius 2 is 1.94 bits per heavy atom. The van der Waals surface area contributed by atoms with E-state index in [1.165, 1.54) is 17.6 Å². The quantitative estimate of drug-likeness (QED) is 0.845. The van der Waals surface area contributed by atoms with E-state index in [0.29, 0.717) is 0 Å². The van der Waals surface area contributed by atoms with Gasteiger partial charge in [-0.25, -0.2) is 9.97 Å². The second-order valence-electron chi connectivity index (χ2n) is 3.75. The zero-order valence-electron chi connectivity index (χ0n) is 9.73. The normalized spacial score (nSPS) is 10.4. The molecule has 0 fully saturated rings. The number of anilines is 1. The van der Waals surface area contributed by atoms with Crippen LogP contribution in [0.2, 0.25) is 0 Å². The lowest BCUT2D eigenvalue weighted by Gasteiger charge is -2.05. The van der Waals surface area contributed by atoms with E-state index in [0.717, 1.165) is 17.9 Å². The number of hydrogen-bond donors (Lipinski definition) is 1. The maximum absolute atomic E-state index is 4.37. The monoisotopic (exact) mass is 217 g/mol. The van der Waals surface area contributed by atoms with Crippen LogP contribution in [0.3, 0.4) is 0 Å². The Morgan fingerprint density at radius 1 is 1.25 bits per heavy atom. The van der Waals surface area contributed by atoms with Crippen LogP contribution in [0, 0.1) is 13.8 Å². The van der Waals surface area contributed by atoms with Gasteiger partial charge in [0, 0.05) is 24.8 Å². The van der Waals surface area contributed by atoms with Gasteiger partial charge in [-0.15, -0.1) is 0 Å². The van der Waals surface area contributed by atoms with E-state index < -0.39 is 0 Å². The van der Waals surface area contributed by atoms with Gasteiger partial charge in [0.25, 0.3) is 0 Å². The largest absolute Gasteiger partial charge is 0.378 e. The molecule has 5 nitrogen and oxygen atoms in total. The molecule has 5 heteroatoms. The second kappa shape index (κ2) is 4.30. The molecule has 84 valence electrons. The van der Waals surface area contributed by atoms with Crippen molar-refractivity contribution in [2.24, 2.45) is 7.05 Å². The highest BCUT2D eigenvalue weighted by atomic mass is 15.3. The number of nitrogens with zero attached hydrogens (tertiary/aromatic N) is 4. The standard InChI is InChI=1S/C11H15N5/c1-8-11(9(2)16(3)15-8)6-14-10-4-12-7-13-5-10/h4-5,7,14H,6H2,1-3H3. The molecule has 2 aromatic rings. The van der Waals surface area contributed by atoms with Crippen molar-refractivity contribution in [2.75, 3.05) is 5.32 Å². The summed E-state index contributed by atoms with van der Waals surface area (Å²) >= 11 is 0. The van der Waals surface area contributed by atoms with Crippen LogP contribution in [0.15, 0.2) is 18.7 Å². The molecule has 2 heterocycles. The Kier molecular flexibility index (Phi) is 2.85. The highest BCUT2D eigenvalue weighted by Crippen LogP contribution is 2.13. The third-order valence-corrected chi connectivity index (χ3v) is 2.69. The molecular weight excluding hydrogens is 202 g/mol. The van der Waals surface area contributed by atoms with Crippen molar-refractivity contribution in [3.63, 3.8) is 0 Å². The van der Waals surface area contributed by atoms with E-state index in [4.69, 9.17) is 0 Å². The van der Waals surface area contributed by atoms with Gasteiger partial charge in [0.15, 0.2) is 0 Å². The maximum atomic E-state index is 4.37. The Labute approximate surface area is 94.5 Å². The van der Waals surface area contributed by atoms with Gasteiger partial charge in [-0.1, -0.05) is 0 Å². The van der Waals surface area contributed by atoms with Crippen molar-refractivity contribution < 1.29 is 0 Å². The second-order valence-corrected chi connectivity index (χ2v) is 3.75. The zero-order chi connectivity index (χ0) is 11.5. The predicted octanol–water partition coefficient (Wildman–Crippen LogP) is 1.44. The van der Waals surface area contributed by atoms with Gasteiger partial charge in [-0.05, 0) is 13.8 Å². The van der Waals surface area contributed by atoms with Crippen molar-refractivity contribution in [1.29, 1.82) is 0 Å². The minimum Gasteiger partial charge on any atom is -0.378 e. The summed E-state index contributed by atoms with van der Waals surface area (Å²) in [5.74, 6) is 0. The number of hydrogen-bond acceptors (Lipinski definition) is 4. The van der Waals surface area contributed by atoms with Crippen LogP contribution in [0.4, 0.5) is 5.69 Å². The highest BCUT2D eigenvalue weighted by molar-refractivity contribution is 5.39. The fourth-order valence-corrected chi connectivity index (χ4v) is 1.65.